The lowest BCUT2D eigenvalue weighted by Crippen LogP contribution is -2.41. The van der Waals surface area contributed by atoms with E-state index in [1.54, 1.807) is 4.90 Å². The number of hydrogen-bond donors (Lipinski definition) is 1. The van der Waals surface area contributed by atoms with Gasteiger partial charge in [-0.2, -0.15) is 0 Å². The van der Waals surface area contributed by atoms with E-state index in [4.69, 9.17) is 4.74 Å². The van der Waals surface area contributed by atoms with E-state index in [2.05, 4.69) is 17.3 Å². The quantitative estimate of drug-likeness (QED) is 0.869. The zero-order chi connectivity index (χ0) is 18.9. The zero-order valence-electron chi connectivity index (χ0n) is 14.9. The van der Waals surface area contributed by atoms with Gasteiger partial charge in [-0.3, -0.25) is 19.5 Å². The van der Waals surface area contributed by atoms with Crippen molar-refractivity contribution in [3.05, 3.63) is 68.7 Å². The zero-order valence-corrected chi connectivity index (χ0v) is 14.9. The van der Waals surface area contributed by atoms with Gasteiger partial charge in [0.25, 0.3) is 11.1 Å². The van der Waals surface area contributed by atoms with Crippen molar-refractivity contribution in [2.24, 2.45) is 0 Å². The van der Waals surface area contributed by atoms with Gasteiger partial charge in [0.1, 0.15) is 17.9 Å². The van der Waals surface area contributed by atoms with Crippen LogP contribution in [-0.4, -0.2) is 39.3 Å². The number of benzene rings is 1. The highest BCUT2D eigenvalue weighted by Gasteiger charge is 2.35. The van der Waals surface area contributed by atoms with Crippen molar-refractivity contribution in [3.8, 4) is 5.75 Å². The Balaban J connectivity index is 1.46. The predicted molar refractivity (Wildman–Crippen MR) is 101 cm³/mol. The lowest BCUT2D eigenvalue weighted by Gasteiger charge is -2.34. The Morgan fingerprint density at radius 1 is 1.11 bits per heavy atom. The van der Waals surface area contributed by atoms with Gasteiger partial charge >= 0.3 is 0 Å². The van der Waals surface area contributed by atoms with E-state index in [9.17, 15) is 14.4 Å². The number of aromatic amines is 1. The first-order valence-electron chi connectivity index (χ1n) is 9.10. The molecule has 1 fully saturated rings. The van der Waals surface area contributed by atoms with Crippen molar-refractivity contribution in [2.75, 3.05) is 13.1 Å². The number of H-pyrrole nitrogens is 1. The van der Waals surface area contributed by atoms with E-state index in [0.717, 1.165) is 34.9 Å². The molecule has 2 aliphatic heterocycles. The fraction of sp³-hybridized carbons (Fsp3) is 0.350. The second-order valence-corrected chi connectivity index (χ2v) is 7.01. The maximum absolute atomic E-state index is 12.6. The van der Waals surface area contributed by atoms with Gasteiger partial charge in [-0.1, -0.05) is 24.3 Å². The lowest BCUT2D eigenvalue weighted by molar-refractivity contribution is -0.132. The molecule has 2 aromatic rings. The monoisotopic (exact) mass is 367 g/mol. The van der Waals surface area contributed by atoms with E-state index >= 15 is 0 Å². The maximum Gasteiger partial charge on any atom is 0.265 e. The Bertz CT molecular complexity index is 1010. The van der Waals surface area contributed by atoms with Gasteiger partial charge in [-0.15, -0.1) is 0 Å². The summed E-state index contributed by atoms with van der Waals surface area (Å²) in [7, 11) is 0. The van der Waals surface area contributed by atoms with E-state index in [1.807, 2.05) is 24.3 Å². The number of hydrogen-bond acceptors (Lipinski definition) is 4. The molecule has 27 heavy (non-hydrogen) atoms. The Morgan fingerprint density at radius 3 is 2.85 bits per heavy atom. The molecule has 0 unspecified atom stereocenters. The van der Waals surface area contributed by atoms with Gasteiger partial charge in [-0.25, -0.2) is 4.68 Å². The highest BCUT2D eigenvalue weighted by Crippen LogP contribution is 2.36. The number of likely N-dealkylation sites (tertiary alicyclic amines) is 1. The molecule has 1 N–H and O–H groups in total. The predicted octanol–water partition coefficient (Wildman–Crippen LogP) is 1.39. The molecule has 0 aliphatic carbocycles. The van der Waals surface area contributed by atoms with Gasteiger partial charge in [0.15, 0.2) is 0 Å². The van der Waals surface area contributed by atoms with Crippen LogP contribution in [0.1, 0.15) is 24.8 Å². The molecular weight excluding hydrogens is 346 g/mol. The normalized spacial score (nSPS) is 21.4. The molecule has 1 amide bonds. The topological polar surface area (TPSA) is 84.4 Å². The van der Waals surface area contributed by atoms with Crippen LogP contribution in [0.3, 0.4) is 0 Å². The highest BCUT2D eigenvalue weighted by molar-refractivity contribution is 5.76. The largest absolute Gasteiger partial charge is 0.483 e. The van der Waals surface area contributed by atoms with Gasteiger partial charge in [-0.05, 0) is 25.0 Å². The van der Waals surface area contributed by atoms with Gasteiger partial charge < -0.3 is 9.64 Å². The first kappa shape index (κ1) is 17.3. The summed E-state index contributed by atoms with van der Waals surface area (Å²) < 4.78 is 7.35. The van der Waals surface area contributed by atoms with Crippen molar-refractivity contribution in [1.29, 1.82) is 0 Å². The van der Waals surface area contributed by atoms with Crippen LogP contribution >= 0.6 is 0 Å². The van der Waals surface area contributed by atoms with Gasteiger partial charge in [0.2, 0.25) is 5.91 Å². The summed E-state index contributed by atoms with van der Waals surface area (Å²) in [5.74, 6) is 0.685. The Kier molecular flexibility index (Phi) is 4.43. The highest BCUT2D eigenvalue weighted by atomic mass is 16.5. The number of carbonyl (C=O) groups excluding carboxylic acids is 1. The second-order valence-electron chi connectivity index (χ2n) is 7.01. The Hall–Kier alpha value is -3.09. The van der Waals surface area contributed by atoms with Gasteiger partial charge in [0, 0.05) is 37.2 Å². The minimum atomic E-state index is -0.406. The van der Waals surface area contributed by atoms with Crippen LogP contribution < -0.4 is 15.9 Å². The molecule has 0 saturated carbocycles. The smallest absolute Gasteiger partial charge is 0.265 e. The van der Waals surface area contributed by atoms with Crippen molar-refractivity contribution in [3.63, 3.8) is 0 Å². The molecule has 0 bridgehead atoms. The standard InChI is InChI=1S/C20H21N3O4/c24-17-6-7-18(25)23(21-17)14-19(26)22-12-3-9-20(11-13-22)10-8-15-4-1-2-5-16(15)27-20/h1-2,4-8,10H,3,9,11-14H2,(H,21,24)/t20-/m0/s1. The van der Waals surface area contributed by atoms with Crippen LogP contribution in [0.2, 0.25) is 0 Å². The summed E-state index contributed by atoms with van der Waals surface area (Å²) in [6.45, 7) is 0.976. The maximum atomic E-state index is 12.6. The summed E-state index contributed by atoms with van der Waals surface area (Å²) in [6.07, 6.45) is 6.50. The molecule has 1 aromatic carbocycles. The first-order valence-corrected chi connectivity index (χ1v) is 9.10. The van der Waals surface area contributed by atoms with Crippen LogP contribution in [0.25, 0.3) is 6.08 Å². The van der Waals surface area contributed by atoms with Crippen LogP contribution in [0, 0.1) is 0 Å². The third kappa shape index (κ3) is 3.58. The van der Waals surface area contributed by atoms with Crippen LogP contribution in [0.15, 0.2) is 52.1 Å². The van der Waals surface area contributed by atoms with Crippen molar-refractivity contribution in [2.45, 2.75) is 31.4 Å². The fourth-order valence-electron chi connectivity index (χ4n) is 3.67. The minimum Gasteiger partial charge on any atom is -0.483 e. The molecule has 3 heterocycles. The number of fused-ring (bicyclic) bond motifs is 1. The van der Waals surface area contributed by atoms with Crippen LogP contribution in [-0.2, 0) is 11.3 Å². The van der Waals surface area contributed by atoms with Crippen molar-refractivity contribution in [1.82, 2.24) is 14.7 Å². The van der Waals surface area contributed by atoms with E-state index in [0.29, 0.717) is 19.5 Å². The third-order valence-corrected chi connectivity index (χ3v) is 5.17. The molecule has 1 spiro atoms. The molecule has 1 aromatic heterocycles. The van der Waals surface area contributed by atoms with Crippen LogP contribution in [0.4, 0.5) is 0 Å². The number of ether oxygens (including phenoxy) is 1. The molecule has 7 nitrogen and oxygen atoms in total. The second kappa shape index (κ2) is 6.90. The third-order valence-electron chi connectivity index (χ3n) is 5.17. The SMILES string of the molecule is O=C(Cn1[nH]c(=O)ccc1=O)N1CCC[C@]2(C=Cc3ccccc3O2)CC1. The average Bonchev–Trinajstić information content (AvgIpc) is 2.87. The van der Waals surface area contributed by atoms with Crippen molar-refractivity contribution >= 4 is 12.0 Å². The molecule has 1 atom stereocenters. The fourth-order valence-corrected chi connectivity index (χ4v) is 3.67. The summed E-state index contributed by atoms with van der Waals surface area (Å²) in [6, 6.07) is 10.2. The number of rotatable bonds is 2. The molecule has 2 aliphatic rings. The number of nitrogens with one attached hydrogen (secondary N) is 1. The number of aromatic nitrogens is 2. The molecule has 140 valence electrons. The van der Waals surface area contributed by atoms with Crippen LogP contribution in [0.5, 0.6) is 5.75 Å². The van der Waals surface area contributed by atoms with E-state index in [1.165, 1.54) is 6.07 Å². The number of carbonyl (C=O) groups is 1. The minimum absolute atomic E-state index is 0.165. The molecular formula is C20H21N3O4. The average molecular weight is 367 g/mol. The Labute approximate surface area is 155 Å². The Morgan fingerprint density at radius 2 is 1.96 bits per heavy atom. The van der Waals surface area contributed by atoms with E-state index < -0.39 is 16.7 Å². The van der Waals surface area contributed by atoms with E-state index in [-0.39, 0.29) is 12.5 Å². The molecule has 0 radical (unpaired) electrons. The van der Waals surface area contributed by atoms with Crippen molar-refractivity contribution < 1.29 is 9.53 Å². The number of nitrogens with zero attached hydrogens (tertiary/aromatic N) is 2. The number of para-hydroxylation sites is 1. The summed E-state index contributed by atoms with van der Waals surface area (Å²) in [4.78, 5) is 37.6. The first-order chi connectivity index (χ1) is 13.0. The number of amides is 1. The molecule has 7 heteroatoms. The van der Waals surface area contributed by atoms with Gasteiger partial charge in [0.05, 0.1) is 0 Å². The summed E-state index contributed by atoms with van der Waals surface area (Å²) >= 11 is 0. The molecule has 1 saturated heterocycles. The summed E-state index contributed by atoms with van der Waals surface area (Å²) in [5.41, 5.74) is -0.143. The summed E-state index contributed by atoms with van der Waals surface area (Å²) in [5, 5.41) is 2.39. The molecule has 4 rings (SSSR count). The lowest BCUT2D eigenvalue weighted by atomic mass is 9.91.